The van der Waals surface area contributed by atoms with Gasteiger partial charge in [-0.25, -0.2) is 9.50 Å². The van der Waals surface area contributed by atoms with E-state index in [2.05, 4.69) is 10.1 Å². The third-order valence-corrected chi connectivity index (χ3v) is 4.50. The first kappa shape index (κ1) is 14.6. The van der Waals surface area contributed by atoms with E-state index in [0.717, 1.165) is 21.9 Å². The first-order valence-corrected chi connectivity index (χ1v) is 7.23. The van der Waals surface area contributed by atoms with Crippen LogP contribution in [-0.2, 0) is 6.18 Å². The van der Waals surface area contributed by atoms with Crippen molar-refractivity contribution < 1.29 is 13.2 Å². The van der Waals surface area contributed by atoms with E-state index in [-0.39, 0.29) is 22.1 Å². The zero-order valence-corrected chi connectivity index (χ0v) is 12.7. The molecule has 0 saturated heterocycles. The molecule has 3 heterocycles. The molecule has 21 heavy (non-hydrogen) atoms. The predicted octanol–water partition coefficient (Wildman–Crippen LogP) is 5.09. The average Bonchev–Trinajstić information content (AvgIpc) is 2.93. The van der Waals surface area contributed by atoms with Gasteiger partial charge in [0.1, 0.15) is 5.02 Å². The fourth-order valence-corrected chi connectivity index (χ4v) is 3.04. The van der Waals surface area contributed by atoms with Crippen molar-refractivity contribution in [2.24, 2.45) is 0 Å². The van der Waals surface area contributed by atoms with Gasteiger partial charge in [-0.2, -0.15) is 18.3 Å². The SMILES string of the molecule is Cc1nn2c(C(F)(F)F)cc(-c3ccc(Cl)s3)nc2c1Cl. The highest BCUT2D eigenvalue weighted by Crippen LogP contribution is 2.36. The summed E-state index contributed by atoms with van der Waals surface area (Å²) in [5.74, 6) is 0. The maximum Gasteiger partial charge on any atom is 0.433 e. The van der Waals surface area contributed by atoms with Crippen LogP contribution in [0.3, 0.4) is 0 Å². The van der Waals surface area contributed by atoms with Crippen LogP contribution in [0.25, 0.3) is 16.2 Å². The second kappa shape index (κ2) is 4.86. The minimum atomic E-state index is -4.57. The summed E-state index contributed by atoms with van der Waals surface area (Å²) >= 11 is 13.0. The lowest BCUT2D eigenvalue weighted by molar-refractivity contribution is -0.142. The number of alkyl halides is 3. The molecule has 0 atom stereocenters. The zero-order chi connectivity index (χ0) is 15.4. The molecule has 0 bridgehead atoms. The Kier molecular flexibility index (Phi) is 3.38. The minimum absolute atomic E-state index is 0.0245. The van der Waals surface area contributed by atoms with Crippen molar-refractivity contribution in [1.82, 2.24) is 14.6 Å². The Morgan fingerprint density at radius 3 is 2.52 bits per heavy atom. The average molecular weight is 352 g/mol. The van der Waals surface area contributed by atoms with Gasteiger partial charge in [0.15, 0.2) is 11.3 Å². The molecule has 0 N–H and O–H groups in total. The van der Waals surface area contributed by atoms with E-state index in [1.165, 1.54) is 6.92 Å². The smallest absolute Gasteiger partial charge is 0.226 e. The molecule has 110 valence electrons. The molecule has 0 aliphatic carbocycles. The van der Waals surface area contributed by atoms with E-state index < -0.39 is 11.9 Å². The fourth-order valence-electron chi connectivity index (χ4n) is 1.88. The van der Waals surface area contributed by atoms with Crippen molar-refractivity contribution in [3.63, 3.8) is 0 Å². The van der Waals surface area contributed by atoms with Crippen molar-refractivity contribution in [3.05, 3.63) is 38.9 Å². The van der Waals surface area contributed by atoms with Crippen LogP contribution in [0, 0.1) is 6.92 Å². The van der Waals surface area contributed by atoms with Crippen molar-refractivity contribution in [1.29, 1.82) is 0 Å². The Morgan fingerprint density at radius 2 is 1.95 bits per heavy atom. The molecule has 0 fully saturated rings. The second-order valence-corrected chi connectivity index (χ2v) is 6.36. The summed E-state index contributed by atoms with van der Waals surface area (Å²) < 4.78 is 40.8. The molecular weight excluding hydrogens is 346 g/mol. The van der Waals surface area contributed by atoms with Gasteiger partial charge in [-0.05, 0) is 25.1 Å². The molecule has 0 unspecified atom stereocenters. The largest absolute Gasteiger partial charge is 0.433 e. The Balaban J connectivity index is 2.35. The number of rotatable bonds is 1. The molecule has 0 aliphatic heterocycles. The Hall–Kier alpha value is -1.31. The molecule has 3 aromatic heterocycles. The maximum atomic E-state index is 13.2. The van der Waals surface area contributed by atoms with Gasteiger partial charge in [0.2, 0.25) is 0 Å². The molecular formula is C12H6Cl2F3N3S. The molecule has 3 nitrogen and oxygen atoms in total. The van der Waals surface area contributed by atoms with Crippen molar-refractivity contribution in [3.8, 4) is 10.6 Å². The fraction of sp³-hybridized carbons (Fsp3) is 0.167. The summed E-state index contributed by atoms with van der Waals surface area (Å²) in [6.07, 6.45) is -4.57. The number of fused-ring (bicyclic) bond motifs is 1. The summed E-state index contributed by atoms with van der Waals surface area (Å²) in [5.41, 5.74) is -0.505. The molecule has 3 aromatic rings. The summed E-state index contributed by atoms with van der Waals surface area (Å²) in [6.45, 7) is 1.53. The van der Waals surface area contributed by atoms with Gasteiger partial charge in [0.05, 0.1) is 20.6 Å². The van der Waals surface area contributed by atoms with Crippen LogP contribution in [0.1, 0.15) is 11.4 Å². The molecule has 0 amide bonds. The van der Waals surface area contributed by atoms with Gasteiger partial charge >= 0.3 is 6.18 Å². The van der Waals surface area contributed by atoms with Crippen LogP contribution in [0.5, 0.6) is 0 Å². The number of nitrogens with zero attached hydrogens (tertiary/aromatic N) is 3. The van der Waals surface area contributed by atoms with E-state index in [0.29, 0.717) is 9.21 Å². The quantitative estimate of drug-likeness (QED) is 0.611. The lowest BCUT2D eigenvalue weighted by Gasteiger charge is -2.10. The van der Waals surface area contributed by atoms with E-state index in [1.54, 1.807) is 12.1 Å². The molecule has 9 heteroatoms. The topological polar surface area (TPSA) is 30.2 Å². The predicted molar refractivity (Wildman–Crippen MR) is 76.1 cm³/mol. The maximum absolute atomic E-state index is 13.2. The Morgan fingerprint density at radius 1 is 1.24 bits per heavy atom. The van der Waals surface area contributed by atoms with Gasteiger partial charge < -0.3 is 0 Å². The van der Waals surface area contributed by atoms with Crippen molar-refractivity contribution in [2.75, 3.05) is 0 Å². The van der Waals surface area contributed by atoms with E-state index in [1.807, 2.05) is 0 Å². The van der Waals surface area contributed by atoms with Gasteiger partial charge in [-0.3, -0.25) is 0 Å². The summed E-state index contributed by atoms with van der Waals surface area (Å²) in [5, 5.41) is 3.90. The first-order chi connectivity index (χ1) is 9.77. The van der Waals surface area contributed by atoms with Crippen LogP contribution in [0.15, 0.2) is 18.2 Å². The molecule has 0 spiro atoms. The van der Waals surface area contributed by atoms with E-state index in [9.17, 15) is 13.2 Å². The Bertz CT molecular complexity index is 838. The lowest BCUT2D eigenvalue weighted by Crippen LogP contribution is -2.13. The molecule has 0 aliphatic rings. The highest BCUT2D eigenvalue weighted by molar-refractivity contribution is 7.19. The minimum Gasteiger partial charge on any atom is -0.226 e. The van der Waals surface area contributed by atoms with Crippen LogP contribution in [-0.4, -0.2) is 14.6 Å². The molecule has 3 rings (SSSR count). The van der Waals surface area contributed by atoms with Crippen LogP contribution in [0.4, 0.5) is 13.2 Å². The number of hydrogen-bond donors (Lipinski definition) is 0. The summed E-state index contributed by atoms with van der Waals surface area (Å²) in [4.78, 5) is 4.70. The third-order valence-electron chi connectivity index (χ3n) is 2.81. The summed E-state index contributed by atoms with van der Waals surface area (Å²) in [7, 11) is 0. The lowest BCUT2D eigenvalue weighted by atomic mass is 10.2. The van der Waals surface area contributed by atoms with E-state index in [4.69, 9.17) is 23.2 Å². The number of aromatic nitrogens is 3. The number of halogens is 5. The second-order valence-electron chi connectivity index (χ2n) is 4.26. The van der Waals surface area contributed by atoms with Gasteiger partial charge in [0.25, 0.3) is 0 Å². The van der Waals surface area contributed by atoms with Gasteiger partial charge in [-0.15, -0.1) is 11.3 Å². The van der Waals surface area contributed by atoms with Crippen LogP contribution < -0.4 is 0 Å². The number of aryl methyl sites for hydroxylation is 1. The summed E-state index contributed by atoms with van der Waals surface area (Å²) in [6, 6.07) is 4.16. The van der Waals surface area contributed by atoms with Crippen molar-refractivity contribution in [2.45, 2.75) is 13.1 Å². The zero-order valence-electron chi connectivity index (χ0n) is 10.4. The van der Waals surface area contributed by atoms with Gasteiger partial charge in [0, 0.05) is 0 Å². The highest BCUT2D eigenvalue weighted by Gasteiger charge is 2.36. The van der Waals surface area contributed by atoms with Gasteiger partial charge in [-0.1, -0.05) is 23.2 Å². The first-order valence-electron chi connectivity index (χ1n) is 5.66. The van der Waals surface area contributed by atoms with Crippen LogP contribution in [0.2, 0.25) is 9.36 Å². The monoisotopic (exact) mass is 351 g/mol. The molecule has 0 aromatic carbocycles. The number of hydrogen-bond acceptors (Lipinski definition) is 3. The Labute approximate surface area is 130 Å². The van der Waals surface area contributed by atoms with Crippen molar-refractivity contribution >= 4 is 40.2 Å². The third kappa shape index (κ3) is 2.49. The molecule has 0 saturated carbocycles. The highest BCUT2D eigenvalue weighted by atomic mass is 35.5. The van der Waals surface area contributed by atoms with E-state index >= 15 is 0 Å². The normalized spacial score (nSPS) is 12.3. The standard InChI is InChI=1S/C12H6Cl2F3N3S/c1-5-10(14)11-18-6(7-2-3-9(13)21-7)4-8(12(15,16)17)20(11)19-5/h2-4H,1H3. The molecule has 0 radical (unpaired) electrons. The number of thiophene rings is 1. The van der Waals surface area contributed by atoms with Crippen LogP contribution >= 0.6 is 34.5 Å².